The van der Waals surface area contributed by atoms with Crippen molar-refractivity contribution in [1.82, 2.24) is 19.8 Å². The molecule has 4 rings (SSSR count). The lowest BCUT2D eigenvalue weighted by molar-refractivity contribution is -0.121. The van der Waals surface area contributed by atoms with Gasteiger partial charge in [0, 0.05) is 30.9 Å². The summed E-state index contributed by atoms with van der Waals surface area (Å²) in [4.78, 5) is 31.8. The van der Waals surface area contributed by atoms with E-state index in [2.05, 4.69) is 16.4 Å². The van der Waals surface area contributed by atoms with Crippen LogP contribution in [0, 0.1) is 11.3 Å². The Kier molecular flexibility index (Phi) is 5.34. The van der Waals surface area contributed by atoms with Crippen LogP contribution in [0.15, 0.2) is 30.5 Å². The fourth-order valence-electron chi connectivity index (χ4n) is 4.31. The summed E-state index contributed by atoms with van der Waals surface area (Å²) in [5.41, 5.74) is 1.72. The summed E-state index contributed by atoms with van der Waals surface area (Å²) >= 11 is 0. The predicted octanol–water partition coefficient (Wildman–Crippen LogP) is 2.57. The van der Waals surface area contributed by atoms with Crippen molar-refractivity contribution < 1.29 is 9.59 Å². The molecule has 2 aliphatic rings. The molecule has 1 aromatic carbocycles. The molecule has 0 unspecified atom stereocenters. The van der Waals surface area contributed by atoms with E-state index in [4.69, 9.17) is 5.26 Å². The molecule has 7 heteroatoms. The molecule has 0 saturated heterocycles. The maximum absolute atomic E-state index is 13.0. The third-order valence-corrected chi connectivity index (χ3v) is 5.84. The van der Waals surface area contributed by atoms with E-state index in [-0.39, 0.29) is 24.3 Å². The maximum Gasteiger partial charge on any atom is 0.254 e. The van der Waals surface area contributed by atoms with Gasteiger partial charge >= 0.3 is 0 Å². The Hall–Kier alpha value is -3.14. The quantitative estimate of drug-likeness (QED) is 0.867. The number of carbonyl (C=O) groups excluding carboxylic acids is 2. The molecule has 2 aromatic rings. The number of hydrogen-bond acceptors (Lipinski definition) is 4. The second kappa shape index (κ2) is 8.08. The van der Waals surface area contributed by atoms with Gasteiger partial charge in [0.2, 0.25) is 5.91 Å². The molecule has 1 aliphatic carbocycles. The molecule has 2 heterocycles. The Morgan fingerprint density at radius 3 is 2.83 bits per heavy atom. The average Bonchev–Trinajstić information content (AvgIpc) is 3.37. The summed E-state index contributed by atoms with van der Waals surface area (Å²) in [7, 11) is 0. The number of nitrogens with one attached hydrogen (secondary N) is 1. The van der Waals surface area contributed by atoms with Gasteiger partial charge in [-0.1, -0.05) is 18.9 Å². The van der Waals surface area contributed by atoms with Crippen molar-refractivity contribution >= 4 is 11.8 Å². The molecule has 1 N–H and O–H groups in total. The summed E-state index contributed by atoms with van der Waals surface area (Å²) in [6, 6.07) is 8.94. The molecule has 150 valence electrons. The van der Waals surface area contributed by atoms with Crippen molar-refractivity contribution in [3.8, 4) is 6.07 Å². The summed E-state index contributed by atoms with van der Waals surface area (Å²) in [5.74, 6) is 0.704. The standard InChI is InChI=1S/C22H25N5O2/c1-15-21-25-19(12-20(28)24-18-7-2-3-8-18)14-26(21)9-10-27(15)22(29)17-6-4-5-16(11-17)13-23/h4-6,11,14-15,18H,2-3,7-10,12H2,1H3,(H,24,28)/t15-/m1/s1. The van der Waals surface area contributed by atoms with Crippen LogP contribution in [-0.2, 0) is 17.8 Å². The van der Waals surface area contributed by atoms with Crippen LogP contribution in [-0.4, -0.2) is 38.9 Å². The second-order valence-corrected chi connectivity index (χ2v) is 7.88. The van der Waals surface area contributed by atoms with Gasteiger partial charge in [0.1, 0.15) is 5.82 Å². The minimum Gasteiger partial charge on any atom is -0.353 e. The Labute approximate surface area is 170 Å². The number of rotatable bonds is 4. The molecule has 2 amide bonds. The lowest BCUT2D eigenvalue weighted by Crippen LogP contribution is -2.41. The molecule has 1 aromatic heterocycles. The van der Waals surface area contributed by atoms with Crippen molar-refractivity contribution in [3.05, 3.63) is 53.1 Å². The normalized spacial score (nSPS) is 18.9. The molecular weight excluding hydrogens is 366 g/mol. The van der Waals surface area contributed by atoms with Crippen molar-refractivity contribution in [1.29, 1.82) is 5.26 Å². The van der Waals surface area contributed by atoms with E-state index in [0.29, 0.717) is 30.3 Å². The van der Waals surface area contributed by atoms with Crippen LogP contribution in [0.5, 0.6) is 0 Å². The fraction of sp³-hybridized carbons (Fsp3) is 0.455. The van der Waals surface area contributed by atoms with Crippen molar-refractivity contribution in [2.24, 2.45) is 0 Å². The summed E-state index contributed by atoms with van der Waals surface area (Å²) in [5, 5.41) is 12.2. The zero-order valence-corrected chi connectivity index (χ0v) is 16.6. The Morgan fingerprint density at radius 1 is 1.28 bits per heavy atom. The lowest BCUT2D eigenvalue weighted by Gasteiger charge is -2.33. The number of hydrogen-bond donors (Lipinski definition) is 1. The van der Waals surface area contributed by atoms with E-state index in [1.807, 2.05) is 17.7 Å². The van der Waals surface area contributed by atoms with Gasteiger partial charge < -0.3 is 14.8 Å². The molecule has 7 nitrogen and oxygen atoms in total. The highest BCUT2D eigenvalue weighted by atomic mass is 16.2. The van der Waals surface area contributed by atoms with Crippen LogP contribution in [0.25, 0.3) is 0 Å². The zero-order valence-electron chi connectivity index (χ0n) is 16.6. The highest BCUT2D eigenvalue weighted by Crippen LogP contribution is 2.27. The average molecular weight is 391 g/mol. The summed E-state index contributed by atoms with van der Waals surface area (Å²) in [6.45, 7) is 3.15. The molecule has 0 radical (unpaired) electrons. The van der Waals surface area contributed by atoms with Crippen LogP contribution < -0.4 is 5.32 Å². The number of nitriles is 1. The van der Waals surface area contributed by atoms with E-state index in [0.717, 1.165) is 24.4 Å². The van der Waals surface area contributed by atoms with Crippen molar-refractivity contribution in [2.75, 3.05) is 6.54 Å². The monoisotopic (exact) mass is 391 g/mol. The van der Waals surface area contributed by atoms with E-state index in [9.17, 15) is 9.59 Å². The molecule has 1 atom stereocenters. The Balaban J connectivity index is 1.46. The topological polar surface area (TPSA) is 91.0 Å². The molecular formula is C22H25N5O2. The van der Waals surface area contributed by atoms with Gasteiger partial charge in [-0.2, -0.15) is 5.26 Å². The molecule has 1 aliphatic heterocycles. The largest absolute Gasteiger partial charge is 0.353 e. The summed E-state index contributed by atoms with van der Waals surface area (Å²) in [6.07, 6.45) is 6.68. The smallest absolute Gasteiger partial charge is 0.254 e. The SMILES string of the molecule is C[C@@H]1c2nc(CC(=O)NC3CCCC3)cn2CCN1C(=O)c1cccc(C#N)c1. The van der Waals surface area contributed by atoms with Crippen LogP contribution in [0.1, 0.15) is 66.1 Å². The van der Waals surface area contributed by atoms with E-state index in [1.54, 1.807) is 29.2 Å². The van der Waals surface area contributed by atoms with Crippen LogP contribution >= 0.6 is 0 Å². The molecule has 1 fully saturated rings. The number of carbonyl (C=O) groups is 2. The predicted molar refractivity (Wildman–Crippen MR) is 107 cm³/mol. The third-order valence-electron chi connectivity index (χ3n) is 5.84. The van der Waals surface area contributed by atoms with Crippen LogP contribution in [0.4, 0.5) is 0 Å². The first-order chi connectivity index (χ1) is 14.0. The van der Waals surface area contributed by atoms with E-state index in [1.165, 1.54) is 12.8 Å². The van der Waals surface area contributed by atoms with Gasteiger partial charge in [-0.15, -0.1) is 0 Å². The van der Waals surface area contributed by atoms with Gasteiger partial charge in [0.15, 0.2) is 0 Å². The Morgan fingerprint density at radius 2 is 2.07 bits per heavy atom. The number of aromatic nitrogens is 2. The zero-order chi connectivity index (χ0) is 20.4. The molecule has 29 heavy (non-hydrogen) atoms. The maximum atomic E-state index is 13.0. The third kappa shape index (κ3) is 4.02. The minimum absolute atomic E-state index is 0.0150. The van der Waals surface area contributed by atoms with Gasteiger partial charge in [-0.25, -0.2) is 4.98 Å². The van der Waals surface area contributed by atoms with Crippen LogP contribution in [0.3, 0.4) is 0 Å². The van der Waals surface area contributed by atoms with Gasteiger partial charge in [0.25, 0.3) is 5.91 Å². The van der Waals surface area contributed by atoms with Gasteiger partial charge in [-0.3, -0.25) is 9.59 Å². The number of fused-ring (bicyclic) bond motifs is 1. The van der Waals surface area contributed by atoms with Crippen molar-refractivity contribution in [3.63, 3.8) is 0 Å². The summed E-state index contributed by atoms with van der Waals surface area (Å²) < 4.78 is 2.04. The highest BCUT2D eigenvalue weighted by Gasteiger charge is 2.30. The van der Waals surface area contributed by atoms with Gasteiger partial charge in [-0.05, 0) is 38.0 Å². The van der Waals surface area contributed by atoms with E-state index >= 15 is 0 Å². The first-order valence-electron chi connectivity index (χ1n) is 10.2. The Bertz CT molecular complexity index is 968. The molecule has 1 saturated carbocycles. The number of imidazole rings is 1. The lowest BCUT2D eigenvalue weighted by atomic mass is 10.1. The number of benzene rings is 1. The second-order valence-electron chi connectivity index (χ2n) is 7.88. The minimum atomic E-state index is -0.200. The van der Waals surface area contributed by atoms with E-state index < -0.39 is 0 Å². The first-order valence-corrected chi connectivity index (χ1v) is 10.2. The highest BCUT2D eigenvalue weighted by molar-refractivity contribution is 5.94. The molecule has 0 spiro atoms. The number of amides is 2. The van der Waals surface area contributed by atoms with Gasteiger partial charge in [0.05, 0.1) is 29.8 Å². The molecule has 0 bridgehead atoms. The number of nitrogens with zero attached hydrogens (tertiary/aromatic N) is 4. The van der Waals surface area contributed by atoms with Crippen molar-refractivity contribution in [2.45, 2.75) is 57.7 Å². The fourth-order valence-corrected chi connectivity index (χ4v) is 4.31. The first kappa shape index (κ1) is 19.2. The van der Waals surface area contributed by atoms with Crippen LogP contribution in [0.2, 0.25) is 0 Å².